The minimum absolute atomic E-state index is 0.0695. The lowest BCUT2D eigenvalue weighted by molar-refractivity contribution is -0.0688. The van der Waals surface area contributed by atoms with E-state index < -0.39 is 23.7 Å². The Kier molecular flexibility index (Phi) is 8.06. The van der Waals surface area contributed by atoms with Crippen molar-refractivity contribution in [1.29, 1.82) is 0 Å². The van der Waals surface area contributed by atoms with Crippen LogP contribution >= 0.6 is 0 Å². The molecule has 1 aromatic carbocycles. The number of ether oxygens (including phenoxy) is 1. The summed E-state index contributed by atoms with van der Waals surface area (Å²) in [5, 5.41) is 11.6. The molecule has 0 aliphatic carbocycles. The maximum absolute atomic E-state index is 11.6. The molecule has 170 valence electrons. The maximum Gasteiger partial charge on any atom is 0.274 e. The summed E-state index contributed by atoms with van der Waals surface area (Å²) in [6.07, 6.45) is 1.07. The molecule has 6 heteroatoms. The normalized spacial score (nSPS) is 18.7. The highest BCUT2D eigenvalue weighted by molar-refractivity contribution is 6.49. The molecular formula is C24H42O4Si2. The summed E-state index contributed by atoms with van der Waals surface area (Å²) in [5.74, 6) is 0.855. The number of hydrogen-bond donors (Lipinski definition) is 1. The molecule has 0 spiro atoms. The number of rotatable bonds is 6. The molecule has 30 heavy (non-hydrogen) atoms. The van der Waals surface area contributed by atoms with Crippen molar-refractivity contribution in [2.75, 3.05) is 13.2 Å². The molecule has 1 N–H and O–H groups in total. The van der Waals surface area contributed by atoms with Gasteiger partial charge in [-0.25, -0.2) is 0 Å². The molecule has 0 saturated carbocycles. The van der Waals surface area contributed by atoms with Crippen LogP contribution in [0.2, 0.25) is 26.2 Å². The van der Waals surface area contributed by atoms with Gasteiger partial charge in [-0.15, -0.1) is 0 Å². The zero-order valence-electron chi connectivity index (χ0n) is 20.7. The van der Waals surface area contributed by atoms with E-state index in [2.05, 4.69) is 79.9 Å². The second kappa shape index (κ2) is 9.45. The van der Waals surface area contributed by atoms with Crippen molar-refractivity contribution in [3.8, 4) is 5.75 Å². The van der Waals surface area contributed by atoms with E-state index in [1.807, 2.05) is 0 Å². The molecule has 2 rings (SSSR count). The summed E-state index contributed by atoms with van der Waals surface area (Å²) in [7, 11) is -2.00. The van der Waals surface area contributed by atoms with Crippen LogP contribution in [0.15, 0.2) is 12.1 Å². The van der Waals surface area contributed by atoms with E-state index in [0.717, 1.165) is 16.9 Å². The van der Waals surface area contributed by atoms with Gasteiger partial charge in [0.25, 0.3) is 9.04 Å². The van der Waals surface area contributed by atoms with Crippen LogP contribution in [0.3, 0.4) is 0 Å². The van der Waals surface area contributed by atoms with Crippen LogP contribution in [0.25, 0.3) is 0 Å². The Morgan fingerprint density at radius 2 is 1.53 bits per heavy atom. The van der Waals surface area contributed by atoms with E-state index in [1.165, 1.54) is 5.56 Å². The first-order valence-corrected chi connectivity index (χ1v) is 15.9. The largest absolute Gasteiger partial charge is 0.542 e. The molecule has 0 aromatic heterocycles. The van der Waals surface area contributed by atoms with Gasteiger partial charge >= 0.3 is 0 Å². The summed E-state index contributed by atoms with van der Waals surface area (Å²) in [5.41, 5.74) is 2.17. The van der Waals surface area contributed by atoms with Crippen LogP contribution in [0.4, 0.5) is 0 Å². The third-order valence-electron chi connectivity index (χ3n) is 5.53. The Morgan fingerprint density at radius 3 is 1.97 bits per heavy atom. The third-order valence-corrected chi connectivity index (χ3v) is 6.85. The Labute approximate surface area is 187 Å². The van der Waals surface area contributed by atoms with Crippen molar-refractivity contribution in [2.24, 2.45) is 5.41 Å². The number of benzene rings is 1. The van der Waals surface area contributed by atoms with Gasteiger partial charge < -0.3 is 18.7 Å². The smallest absolute Gasteiger partial charge is 0.274 e. The van der Waals surface area contributed by atoms with Crippen molar-refractivity contribution in [2.45, 2.75) is 97.7 Å². The first kappa shape index (κ1) is 25.6. The summed E-state index contributed by atoms with van der Waals surface area (Å²) < 4.78 is 18.8. The second-order valence-electron chi connectivity index (χ2n) is 11.1. The van der Waals surface area contributed by atoms with Crippen LogP contribution in [-0.2, 0) is 20.2 Å². The minimum atomic E-state index is -1.05. The van der Waals surface area contributed by atoms with Crippen molar-refractivity contribution >= 4 is 18.1 Å². The van der Waals surface area contributed by atoms with Crippen LogP contribution < -0.4 is 4.43 Å². The van der Waals surface area contributed by atoms with Gasteiger partial charge in [0.15, 0.2) is 0 Å². The summed E-state index contributed by atoms with van der Waals surface area (Å²) in [6, 6.07) is 4.29. The minimum Gasteiger partial charge on any atom is -0.542 e. The first-order chi connectivity index (χ1) is 13.7. The Balaban J connectivity index is 2.87. The van der Waals surface area contributed by atoms with Gasteiger partial charge in [0.1, 0.15) is 5.75 Å². The fourth-order valence-corrected chi connectivity index (χ4v) is 5.65. The molecule has 1 unspecified atom stereocenters. The molecule has 2 radical (unpaired) electrons. The molecule has 1 aliphatic heterocycles. The molecule has 1 saturated heterocycles. The summed E-state index contributed by atoms with van der Waals surface area (Å²) >= 11 is 0. The zero-order chi connectivity index (χ0) is 22.9. The molecule has 4 nitrogen and oxygen atoms in total. The predicted molar refractivity (Wildman–Crippen MR) is 128 cm³/mol. The van der Waals surface area contributed by atoms with Crippen molar-refractivity contribution in [3.05, 3.63) is 28.8 Å². The summed E-state index contributed by atoms with van der Waals surface area (Å²) in [6.45, 7) is 23.2. The third kappa shape index (κ3) is 5.97. The fraction of sp³-hybridized carbons (Fsp3) is 0.750. The molecule has 1 fully saturated rings. The van der Waals surface area contributed by atoms with Gasteiger partial charge in [-0.2, -0.15) is 0 Å². The van der Waals surface area contributed by atoms with Crippen LogP contribution in [0.5, 0.6) is 5.75 Å². The average Bonchev–Trinajstić information content (AvgIpc) is 2.57. The van der Waals surface area contributed by atoms with E-state index >= 15 is 0 Å². The standard InChI is InChI=1S/C24H42O4Si2/c1-22(2,3)17-11-12-18(24(25)13-15-26-16-14-24)20(27-29(7)8)19(17)21(23(4,5)6)28-30(9)10/h11-12,21,25H,13-16H2,1-10H3. The lowest BCUT2D eigenvalue weighted by Gasteiger charge is -2.41. The average molecular weight is 451 g/mol. The predicted octanol–water partition coefficient (Wildman–Crippen LogP) is 5.97. The van der Waals surface area contributed by atoms with Crippen LogP contribution in [-0.4, -0.2) is 36.4 Å². The lowest BCUT2D eigenvalue weighted by Crippen LogP contribution is -2.36. The van der Waals surface area contributed by atoms with E-state index in [-0.39, 0.29) is 16.9 Å². The van der Waals surface area contributed by atoms with E-state index in [0.29, 0.717) is 26.1 Å². The highest BCUT2D eigenvalue weighted by atomic mass is 28.3. The highest BCUT2D eigenvalue weighted by Crippen LogP contribution is 2.50. The second-order valence-corrected chi connectivity index (χ2v) is 15.2. The Bertz CT molecular complexity index is 711. The van der Waals surface area contributed by atoms with Gasteiger partial charge in [-0.05, 0) is 42.6 Å². The first-order valence-electron chi connectivity index (χ1n) is 11.1. The molecule has 1 aromatic rings. The summed E-state index contributed by atoms with van der Waals surface area (Å²) in [4.78, 5) is 0. The number of aliphatic hydroxyl groups is 1. The van der Waals surface area contributed by atoms with Crippen molar-refractivity contribution in [3.63, 3.8) is 0 Å². The maximum atomic E-state index is 11.6. The van der Waals surface area contributed by atoms with Gasteiger partial charge in [0.2, 0.25) is 9.04 Å². The van der Waals surface area contributed by atoms with Gasteiger partial charge in [-0.3, -0.25) is 0 Å². The van der Waals surface area contributed by atoms with Crippen LogP contribution in [0.1, 0.15) is 77.2 Å². The zero-order valence-corrected chi connectivity index (χ0v) is 22.7. The molecule has 0 bridgehead atoms. The topological polar surface area (TPSA) is 47.9 Å². The molecule has 1 aliphatic rings. The van der Waals surface area contributed by atoms with E-state index in [9.17, 15) is 5.11 Å². The monoisotopic (exact) mass is 450 g/mol. The lowest BCUT2D eigenvalue weighted by atomic mass is 9.73. The van der Waals surface area contributed by atoms with E-state index in [1.54, 1.807) is 0 Å². The van der Waals surface area contributed by atoms with Gasteiger partial charge in [-0.1, -0.05) is 53.7 Å². The molecule has 1 heterocycles. The fourth-order valence-electron chi connectivity index (χ4n) is 4.08. The Morgan fingerprint density at radius 1 is 0.967 bits per heavy atom. The van der Waals surface area contributed by atoms with Crippen molar-refractivity contribution < 1.29 is 18.7 Å². The van der Waals surface area contributed by atoms with Crippen molar-refractivity contribution in [1.82, 2.24) is 0 Å². The molecular weight excluding hydrogens is 408 g/mol. The Hall–Kier alpha value is -0.666. The van der Waals surface area contributed by atoms with Gasteiger partial charge in [0.05, 0.1) is 11.7 Å². The molecule has 1 atom stereocenters. The number of hydrogen-bond acceptors (Lipinski definition) is 4. The van der Waals surface area contributed by atoms with Crippen LogP contribution in [0, 0.1) is 5.41 Å². The van der Waals surface area contributed by atoms with E-state index in [4.69, 9.17) is 13.6 Å². The highest BCUT2D eigenvalue weighted by Gasteiger charge is 2.41. The molecule has 0 amide bonds. The van der Waals surface area contributed by atoms with Gasteiger partial charge in [0, 0.05) is 37.2 Å². The SMILES string of the molecule is C[Si](C)Oc1c(C2(O)CCOCC2)ccc(C(C)(C)C)c1C(O[Si](C)C)C(C)(C)C. The quantitative estimate of drug-likeness (QED) is 0.543.